The standard InChI is InChI=1S/C13H14O2/c1-4-15-13(14)8-7-12-9-10(2)5-6-11(12)3/h5-6,9H,4H2,1-3H3. The van der Waals surface area contributed by atoms with Crippen molar-refractivity contribution in [2.24, 2.45) is 0 Å². The maximum atomic E-state index is 11.0. The van der Waals surface area contributed by atoms with E-state index in [1.807, 2.05) is 32.0 Å². The van der Waals surface area contributed by atoms with Crippen molar-refractivity contribution in [1.82, 2.24) is 0 Å². The minimum Gasteiger partial charge on any atom is -0.456 e. The van der Waals surface area contributed by atoms with Crippen molar-refractivity contribution < 1.29 is 9.53 Å². The molecule has 0 saturated heterocycles. The third-order valence-corrected chi connectivity index (χ3v) is 1.97. The number of hydrogen-bond donors (Lipinski definition) is 0. The highest BCUT2D eigenvalue weighted by molar-refractivity contribution is 5.89. The largest absolute Gasteiger partial charge is 0.456 e. The fourth-order valence-electron chi connectivity index (χ4n) is 1.16. The van der Waals surface area contributed by atoms with Crippen LogP contribution in [0.5, 0.6) is 0 Å². The summed E-state index contributed by atoms with van der Waals surface area (Å²) in [5, 5.41) is 0. The van der Waals surface area contributed by atoms with Gasteiger partial charge >= 0.3 is 5.97 Å². The van der Waals surface area contributed by atoms with Crippen molar-refractivity contribution in [3.05, 3.63) is 34.9 Å². The van der Waals surface area contributed by atoms with E-state index in [2.05, 4.69) is 11.8 Å². The SMILES string of the molecule is CCOC(=O)C#Cc1cc(C)ccc1C. The molecule has 15 heavy (non-hydrogen) atoms. The molecule has 0 saturated carbocycles. The van der Waals surface area contributed by atoms with E-state index in [1.54, 1.807) is 6.92 Å². The summed E-state index contributed by atoms with van der Waals surface area (Å²) in [6, 6.07) is 5.97. The highest BCUT2D eigenvalue weighted by Crippen LogP contribution is 2.08. The maximum absolute atomic E-state index is 11.0. The molecule has 1 aromatic carbocycles. The summed E-state index contributed by atoms with van der Waals surface area (Å²) in [5.41, 5.74) is 3.08. The van der Waals surface area contributed by atoms with E-state index in [0.717, 1.165) is 16.7 Å². The van der Waals surface area contributed by atoms with Gasteiger partial charge in [-0.3, -0.25) is 0 Å². The molecule has 0 amide bonds. The zero-order valence-electron chi connectivity index (χ0n) is 9.26. The Labute approximate surface area is 90.3 Å². The number of rotatable bonds is 1. The van der Waals surface area contributed by atoms with Gasteiger partial charge in [-0.25, -0.2) is 4.79 Å². The second kappa shape index (κ2) is 5.21. The molecule has 2 nitrogen and oxygen atoms in total. The molecule has 0 heterocycles. The van der Waals surface area contributed by atoms with Crippen LogP contribution in [-0.2, 0) is 9.53 Å². The second-order valence-corrected chi connectivity index (χ2v) is 3.29. The Hall–Kier alpha value is -1.75. The predicted octanol–water partition coefficient (Wildman–Crippen LogP) is 2.22. The van der Waals surface area contributed by atoms with Gasteiger partial charge in [0.15, 0.2) is 0 Å². The number of carbonyl (C=O) groups excluding carboxylic acids is 1. The summed E-state index contributed by atoms with van der Waals surface area (Å²) in [7, 11) is 0. The molecule has 0 atom stereocenters. The summed E-state index contributed by atoms with van der Waals surface area (Å²) >= 11 is 0. The average Bonchev–Trinajstić information content (AvgIpc) is 2.20. The van der Waals surface area contributed by atoms with Crippen molar-refractivity contribution in [1.29, 1.82) is 0 Å². The van der Waals surface area contributed by atoms with Gasteiger partial charge in [0, 0.05) is 11.5 Å². The van der Waals surface area contributed by atoms with Crippen molar-refractivity contribution in [3.63, 3.8) is 0 Å². The molecule has 0 bridgehead atoms. The van der Waals surface area contributed by atoms with Crippen LogP contribution in [0, 0.1) is 25.7 Å². The Morgan fingerprint density at radius 3 is 2.80 bits per heavy atom. The molecule has 78 valence electrons. The molecule has 0 fully saturated rings. The van der Waals surface area contributed by atoms with Crippen LogP contribution in [0.1, 0.15) is 23.6 Å². The predicted molar refractivity (Wildman–Crippen MR) is 59.4 cm³/mol. The summed E-state index contributed by atoms with van der Waals surface area (Å²) < 4.78 is 4.72. The summed E-state index contributed by atoms with van der Waals surface area (Å²) in [4.78, 5) is 11.0. The minimum atomic E-state index is -0.474. The number of esters is 1. The molecule has 0 aromatic heterocycles. The van der Waals surface area contributed by atoms with Crippen molar-refractivity contribution in [3.8, 4) is 11.8 Å². The van der Waals surface area contributed by atoms with Crippen LogP contribution in [-0.4, -0.2) is 12.6 Å². The van der Waals surface area contributed by atoms with E-state index in [1.165, 1.54) is 0 Å². The lowest BCUT2D eigenvalue weighted by atomic mass is 10.1. The Balaban J connectivity index is 2.88. The number of aryl methyl sites for hydroxylation is 2. The summed E-state index contributed by atoms with van der Waals surface area (Å²) in [6.07, 6.45) is 0. The normalized spacial score (nSPS) is 9.00. The van der Waals surface area contributed by atoms with Gasteiger partial charge in [-0.05, 0) is 38.0 Å². The van der Waals surface area contributed by atoms with Crippen LogP contribution in [0.4, 0.5) is 0 Å². The second-order valence-electron chi connectivity index (χ2n) is 3.29. The molecular formula is C13H14O2. The zero-order valence-corrected chi connectivity index (χ0v) is 9.26. The molecule has 0 N–H and O–H groups in total. The lowest BCUT2D eigenvalue weighted by Gasteiger charge is -1.98. The first-order valence-corrected chi connectivity index (χ1v) is 4.89. The van der Waals surface area contributed by atoms with Crippen molar-refractivity contribution in [2.45, 2.75) is 20.8 Å². The molecule has 1 aromatic rings. The lowest BCUT2D eigenvalue weighted by Crippen LogP contribution is -1.99. The highest BCUT2D eigenvalue weighted by Gasteiger charge is 1.96. The van der Waals surface area contributed by atoms with Gasteiger partial charge in [0.1, 0.15) is 0 Å². The third-order valence-electron chi connectivity index (χ3n) is 1.97. The number of hydrogen-bond acceptors (Lipinski definition) is 2. The third kappa shape index (κ3) is 3.47. The minimum absolute atomic E-state index is 0.361. The maximum Gasteiger partial charge on any atom is 0.384 e. The zero-order chi connectivity index (χ0) is 11.3. The van der Waals surface area contributed by atoms with Gasteiger partial charge < -0.3 is 4.74 Å². The van der Waals surface area contributed by atoms with Crippen LogP contribution in [0.25, 0.3) is 0 Å². The van der Waals surface area contributed by atoms with Crippen LogP contribution in [0.15, 0.2) is 18.2 Å². The molecule has 0 aliphatic heterocycles. The fraction of sp³-hybridized carbons (Fsp3) is 0.308. The first-order valence-electron chi connectivity index (χ1n) is 4.89. The quantitative estimate of drug-likeness (QED) is 0.515. The molecule has 2 heteroatoms. The Bertz CT molecular complexity index is 422. The molecule has 0 aliphatic carbocycles. The molecule has 0 spiro atoms. The van der Waals surface area contributed by atoms with E-state index < -0.39 is 5.97 Å². The van der Waals surface area contributed by atoms with Gasteiger partial charge in [0.05, 0.1) is 6.61 Å². The van der Waals surface area contributed by atoms with Gasteiger partial charge in [-0.1, -0.05) is 18.1 Å². The van der Waals surface area contributed by atoms with Crippen molar-refractivity contribution in [2.75, 3.05) is 6.61 Å². The summed E-state index contributed by atoms with van der Waals surface area (Å²) in [6.45, 7) is 6.08. The number of benzene rings is 1. The van der Waals surface area contributed by atoms with E-state index in [9.17, 15) is 4.79 Å². The van der Waals surface area contributed by atoms with Gasteiger partial charge in [0.25, 0.3) is 0 Å². The van der Waals surface area contributed by atoms with E-state index in [-0.39, 0.29) is 0 Å². The van der Waals surface area contributed by atoms with Gasteiger partial charge in [-0.2, -0.15) is 0 Å². The lowest BCUT2D eigenvalue weighted by molar-refractivity contribution is -0.136. The van der Waals surface area contributed by atoms with Gasteiger partial charge in [-0.15, -0.1) is 0 Å². The van der Waals surface area contributed by atoms with Crippen LogP contribution in [0.3, 0.4) is 0 Å². The highest BCUT2D eigenvalue weighted by atomic mass is 16.5. The Morgan fingerprint density at radius 2 is 2.13 bits per heavy atom. The Kier molecular flexibility index (Phi) is 3.93. The van der Waals surface area contributed by atoms with E-state index in [4.69, 9.17) is 4.74 Å². The van der Waals surface area contributed by atoms with Crippen molar-refractivity contribution >= 4 is 5.97 Å². The Morgan fingerprint density at radius 1 is 1.40 bits per heavy atom. The molecule has 0 unspecified atom stereocenters. The fourth-order valence-corrected chi connectivity index (χ4v) is 1.16. The molecule has 1 rings (SSSR count). The molecular weight excluding hydrogens is 188 g/mol. The first-order chi connectivity index (χ1) is 7.13. The first kappa shape index (κ1) is 11.3. The van der Waals surface area contributed by atoms with Crippen LogP contribution < -0.4 is 0 Å². The average molecular weight is 202 g/mol. The van der Waals surface area contributed by atoms with Crippen LogP contribution >= 0.6 is 0 Å². The monoisotopic (exact) mass is 202 g/mol. The molecule has 0 radical (unpaired) electrons. The van der Waals surface area contributed by atoms with E-state index in [0.29, 0.717) is 6.61 Å². The topological polar surface area (TPSA) is 26.3 Å². The molecule has 0 aliphatic rings. The van der Waals surface area contributed by atoms with Crippen LogP contribution in [0.2, 0.25) is 0 Å². The number of carbonyl (C=O) groups is 1. The summed E-state index contributed by atoms with van der Waals surface area (Å²) in [5.74, 6) is 4.80. The smallest absolute Gasteiger partial charge is 0.384 e. The van der Waals surface area contributed by atoms with Gasteiger partial charge in [0.2, 0.25) is 0 Å². The number of ether oxygens (including phenoxy) is 1. The van der Waals surface area contributed by atoms with E-state index >= 15 is 0 Å².